The predicted molar refractivity (Wildman–Crippen MR) is 79.8 cm³/mol. The van der Waals surface area contributed by atoms with Crippen molar-refractivity contribution in [3.8, 4) is 0 Å². The average Bonchev–Trinajstić information content (AvgIpc) is 2.67. The molecule has 2 N–H and O–H groups in total. The maximum absolute atomic E-state index is 11.8. The second kappa shape index (κ2) is 4.24. The monoisotopic (exact) mass is 276 g/mol. The lowest BCUT2D eigenvalue weighted by Crippen LogP contribution is -2.45. The molecule has 0 amide bonds. The Balaban J connectivity index is 1.84. The third-order valence-corrected chi connectivity index (χ3v) is 4.52. The van der Waals surface area contributed by atoms with Gasteiger partial charge in [0, 0.05) is 6.04 Å². The molecule has 20 heavy (non-hydrogen) atoms. The van der Waals surface area contributed by atoms with Crippen LogP contribution in [0.5, 0.6) is 0 Å². The molecule has 0 saturated heterocycles. The lowest BCUT2D eigenvalue weighted by Gasteiger charge is -2.48. The van der Waals surface area contributed by atoms with Crippen molar-refractivity contribution in [1.82, 2.24) is 15.2 Å². The summed E-state index contributed by atoms with van der Waals surface area (Å²) in [6, 6.07) is 0.410. The number of hydrogen-bond donors (Lipinski definition) is 2. The Morgan fingerprint density at radius 2 is 1.85 bits per heavy atom. The van der Waals surface area contributed by atoms with E-state index in [0.717, 1.165) is 24.1 Å². The highest BCUT2D eigenvalue weighted by atomic mass is 16.1. The first kappa shape index (κ1) is 13.5. The van der Waals surface area contributed by atoms with Crippen LogP contribution in [0.15, 0.2) is 9.90 Å². The van der Waals surface area contributed by atoms with E-state index in [1.807, 2.05) is 0 Å². The Labute approximate surface area is 119 Å². The van der Waals surface area contributed by atoms with E-state index in [2.05, 4.69) is 48.0 Å². The topological polar surface area (TPSA) is 64.2 Å². The molecule has 5 heteroatoms. The Morgan fingerprint density at radius 1 is 1.20 bits per heavy atom. The van der Waals surface area contributed by atoms with E-state index in [1.54, 1.807) is 6.21 Å². The Hall–Kier alpha value is -1.52. The van der Waals surface area contributed by atoms with E-state index in [9.17, 15) is 4.79 Å². The first-order chi connectivity index (χ1) is 9.26. The molecular weight excluding hydrogens is 252 g/mol. The van der Waals surface area contributed by atoms with E-state index in [0.29, 0.717) is 23.4 Å². The Kier molecular flexibility index (Phi) is 2.85. The molecule has 2 aliphatic rings. The van der Waals surface area contributed by atoms with Gasteiger partial charge in [-0.1, -0.05) is 27.7 Å². The van der Waals surface area contributed by atoms with Crippen LogP contribution in [0.4, 0.5) is 0 Å². The number of aromatic nitrogens is 2. The molecule has 0 atom stereocenters. The zero-order valence-electron chi connectivity index (χ0n) is 12.8. The van der Waals surface area contributed by atoms with Gasteiger partial charge in [0.15, 0.2) is 0 Å². The van der Waals surface area contributed by atoms with Crippen LogP contribution >= 0.6 is 0 Å². The summed E-state index contributed by atoms with van der Waals surface area (Å²) in [4.78, 5) is 11.8. The molecule has 1 fully saturated rings. The lowest BCUT2D eigenvalue weighted by atomic mass is 9.63. The van der Waals surface area contributed by atoms with Gasteiger partial charge in [-0.3, -0.25) is 20.0 Å². The number of aromatic amines is 2. The minimum atomic E-state index is -0.0227. The fraction of sp³-hybridized carbons (Fsp3) is 0.733. The highest BCUT2D eigenvalue weighted by Gasteiger charge is 2.41. The summed E-state index contributed by atoms with van der Waals surface area (Å²) in [5.41, 5.74) is 2.26. The van der Waals surface area contributed by atoms with Gasteiger partial charge in [0.1, 0.15) is 0 Å². The number of hydrazone groups is 1. The molecule has 5 nitrogen and oxygen atoms in total. The minimum Gasteiger partial charge on any atom is -0.296 e. The van der Waals surface area contributed by atoms with Gasteiger partial charge >= 0.3 is 0 Å². The molecular formula is C15H24N4O. The van der Waals surface area contributed by atoms with E-state index >= 15 is 0 Å². The maximum Gasteiger partial charge on any atom is 0.269 e. The zero-order chi connectivity index (χ0) is 14.5. The molecule has 0 radical (unpaired) electrons. The zero-order valence-corrected chi connectivity index (χ0v) is 12.8. The van der Waals surface area contributed by atoms with E-state index < -0.39 is 0 Å². The van der Waals surface area contributed by atoms with Crippen LogP contribution in [0.3, 0.4) is 0 Å². The summed E-state index contributed by atoms with van der Waals surface area (Å²) in [6.07, 6.45) is 5.27. The fourth-order valence-electron chi connectivity index (χ4n) is 4.22. The number of rotatable bonds is 1. The van der Waals surface area contributed by atoms with Gasteiger partial charge in [-0.25, -0.2) is 0 Å². The number of hydrogen-bond acceptors (Lipinski definition) is 3. The summed E-state index contributed by atoms with van der Waals surface area (Å²) in [5, 5.41) is 12.2. The highest BCUT2D eigenvalue weighted by Crippen LogP contribution is 2.47. The molecule has 0 aromatic carbocycles. The minimum absolute atomic E-state index is 0.0227. The number of nitrogens with one attached hydrogen (secondary N) is 2. The summed E-state index contributed by atoms with van der Waals surface area (Å²) < 4.78 is 0. The van der Waals surface area contributed by atoms with Gasteiger partial charge in [0.25, 0.3) is 5.56 Å². The van der Waals surface area contributed by atoms with E-state index in [1.165, 1.54) is 6.42 Å². The summed E-state index contributed by atoms with van der Waals surface area (Å²) in [5.74, 6) is 0. The van der Waals surface area contributed by atoms with E-state index in [4.69, 9.17) is 0 Å². The van der Waals surface area contributed by atoms with Crippen LogP contribution in [0, 0.1) is 10.8 Å². The molecule has 0 unspecified atom stereocenters. The smallest absolute Gasteiger partial charge is 0.269 e. The number of fused-ring (bicyclic) bond motifs is 1. The summed E-state index contributed by atoms with van der Waals surface area (Å²) in [7, 11) is 0. The van der Waals surface area contributed by atoms with Crippen molar-refractivity contribution in [3.05, 3.63) is 21.6 Å². The molecule has 0 spiro atoms. The second-order valence-corrected chi connectivity index (χ2v) is 7.88. The first-order valence-corrected chi connectivity index (χ1v) is 7.36. The quantitative estimate of drug-likeness (QED) is 0.827. The molecule has 1 aliphatic heterocycles. The van der Waals surface area contributed by atoms with Crippen LogP contribution < -0.4 is 5.56 Å². The van der Waals surface area contributed by atoms with Crippen LogP contribution in [-0.2, 0) is 6.54 Å². The lowest BCUT2D eigenvalue weighted by molar-refractivity contribution is 0.0211. The van der Waals surface area contributed by atoms with Crippen molar-refractivity contribution in [2.75, 3.05) is 0 Å². The predicted octanol–water partition coefficient (Wildman–Crippen LogP) is 2.46. The van der Waals surface area contributed by atoms with E-state index in [-0.39, 0.29) is 5.56 Å². The highest BCUT2D eigenvalue weighted by molar-refractivity contribution is 5.79. The van der Waals surface area contributed by atoms with Crippen molar-refractivity contribution in [2.45, 2.75) is 59.5 Å². The number of H-pyrrole nitrogens is 2. The second-order valence-electron chi connectivity index (χ2n) is 7.88. The Bertz CT molecular complexity index is 577. The van der Waals surface area contributed by atoms with Gasteiger partial charge in [-0.2, -0.15) is 5.10 Å². The third kappa shape index (κ3) is 2.41. The van der Waals surface area contributed by atoms with Crippen LogP contribution in [0.25, 0.3) is 0 Å². The molecule has 0 bridgehead atoms. The SMILES string of the molecule is CC1(C)CC(N2Cc3c([nH][nH]c3=O)C=N2)CC(C)(C)C1. The standard InChI is InChI=1S/C15H24N4O/c1-14(2)5-10(6-15(3,4)9-14)19-8-11-12(7-16-19)17-18-13(11)20/h7,10H,5-6,8-9H2,1-4H3,(H2,17,18,20). The van der Waals surface area contributed by atoms with Crippen LogP contribution in [0.1, 0.15) is 58.2 Å². The summed E-state index contributed by atoms with van der Waals surface area (Å²) in [6.45, 7) is 9.96. The molecule has 110 valence electrons. The van der Waals surface area contributed by atoms with Crippen molar-refractivity contribution in [3.63, 3.8) is 0 Å². The average molecular weight is 276 g/mol. The third-order valence-electron chi connectivity index (χ3n) is 4.52. The largest absolute Gasteiger partial charge is 0.296 e. The van der Waals surface area contributed by atoms with Gasteiger partial charge in [-0.15, -0.1) is 0 Å². The first-order valence-electron chi connectivity index (χ1n) is 7.36. The molecule has 2 heterocycles. The Morgan fingerprint density at radius 3 is 2.50 bits per heavy atom. The maximum atomic E-state index is 11.8. The molecule has 1 aliphatic carbocycles. The van der Waals surface area contributed by atoms with Crippen molar-refractivity contribution in [1.29, 1.82) is 0 Å². The van der Waals surface area contributed by atoms with Crippen LogP contribution in [0.2, 0.25) is 0 Å². The molecule has 3 rings (SSSR count). The number of nitrogens with zero attached hydrogens (tertiary/aromatic N) is 2. The summed E-state index contributed by atoms with van der Waals surface area (Å²) >= 11 is 0. The van der Waals surface area contributed by atoms with Gasteiger partial charge in [0.05, 0.1) is 24.0 Å². The molecule has 1 saturated carbocycles. The molecule has 1 aromatic rings. The van der Waals surface area contributed by atoms with Crippen molar-refractivity contribution >= 4 is 6.21 Å². The fourth-order valence-corrected chi connectivity index (χ4v) is 4.22. The van der Waals surface area contributed by atoms with Gasteiger partial charge in [0.2, 0.25) is 0 Å². The van der Waals surface area contributed by atoms with Crippen molar-refractivity contribution in [2.24, 2.45) is 15.9 Å². The van der Waals surface area contributed by atoms with Gasteiger partial charge < -0.3 is 0 Å². The normalized spacial score (nSPS) is 24.7. The van der Waals surface area contributed by atoms with Gasteiger partial charge in [-0.05, 0) is 30.1 Å². The van der Waals surface area contributed by atoms with Crippen LogP contribution in [-0.4, -0.2) is 27.5 Å². The molecule has 1 aromatic heterocycles. The van der Waals surface area contributed by atoms with Crippen molar-refractivity contribution < 1.29 is 0 Å².